The first-order chi connectivity index (χ1) is 14.2. The number of anilines is 2. The number of aliphatic hydroxyl groups is 1. The second-order valence-electron chi connectivity index (χ2n) is 6.59. The maximum Gasteiger partial charge on any atom is 0.410 e. The second-order valence-corrected chi connectivity index (χ2v) is 7.03. The molecular formula is C19H18ClFN4O5. The van der Waals surface area contributed by atoms with Gasteiger partial charge in [0.15, 0.2) is 0 Å². The van der Waals surface area contributed by atoms with E-state index >= 15 is 0 Å². The summed E-state index contributed by atoms with van der Waals surface area (Å²) in [5.74, 6) is -3.73. The number of amides is 3. The van der Waals surface area contributed by atoms with E-state index in [0.29, 0.717) is 17.1 Å². The van der Waals surface area contributed by atoms with E-state index in [0.717, 1.165) is 6.07 Å². The Kier molecular flexibility index (Phi) is 6.18. The number of ether oxygens (including phenoxy) is 1. The monoisotopic (exact) mass is 436 g/mol. The highest BCUT2D eigenvalue weighted by Gasteiger charge is 2.49. The van der Waals surface area contributed by atoms with E-state index in [1.165, 1.54) is 42.3 Å². The zero-order chi connectivity index (χ0) is 21.9. The standard InChI is InChI=1S/C19H18ClFN4O5/c1-11(26)24-16-3-2-15(10-22-16)25-5-4-19(29,17(25)27)30-18(28)23-9-12-6-13(20)8-14(21)7-12/h2-3,6-8,10,29H,4-5,9H2,1H3,(H,23,28)(H,22,24,26)/t19-/m0/s1. The highest BCUT2D eigenvalue weighted by Crippen LogP contribution is 2.29. The van der Waals surface area contributed by atoms with Gasteiger partial charge in [-0.1, -0.05) is 11.6 Å². The Morgan fingerprint density at radius 2 is 2.13 bits per heavy atom. The maximum atomic E-state index is 13.3. The molecule has 1 aliphatic heterocycles. The molecule has 0 unspecified atom stereocenters. The van der Waals surface area contributed by atoms with Crippen LogP contribution in [-0.2, 0) is 20.9 Å². The summed E-state index contributed by atoms with van der Waals surface area (Å²) in [4.78, 5) is 40.9. The molecule has 1 fully saturated rings. The highest BCUT2D eigenvalue weighted by molar-refractivity contribution is 6.30. The fourth-order valence-electron chi connectivity index (χ4n) is 2.90. The lowest BCUT2D eigenvalue weighted by Gasteiger charge is -2.22. The Hall–Kier alpha value is -3.24. The number of alkyl carbamates (subject to hydrolysis) is 1. The van der Waals surface area contributed by atoms with Crippen molar-refractivity contribution in [2.45, 2.75) is 25.7 Å². The minimum atomic E-state index is -2.35. The zero-order valence-corrected chi connectivity index (χ0v) is 16.6. The molecule has 9 nitrogen and oxygen atoms in total. The molecule has 0 radical (unpaired) electrons. The van der Waals surface area contributed by atoms with E-state index in [1.54, 1.807) is 0 Å². The molecule has 1 aromatic heterocycles. The van der Waals surface area contributed by atoms with E-state index in [1.807, 2.05) is 0 Å². The van der Waals surface area contributed by atoms with Gasteiger partial charge in [0.05, 0.1) is 11.9 Å². The highest BCUT2D eigenvalue weighted by atomic mass is 35.5. The first-order valence-corrected chi connectivity index (χ1v) is 9.24. The van der Waals surface area contributed by atoms with Gasteiger partial charge in [0.25, 0.3) is 11.7 Å². The van der Waals surface area contributed by atoms with Crippen LogP contribution >= 0.6 is 11.6 Å². The van der Waals surface area contributed by atoms with Crippen LogP contribution in [0.3, 0.4) is 0 Å². The van der Waals surface area contributed by atoms with Crippen molar-refractivity contribution in [2.75, 3.05) is 16.8 Å². The summed E-state index contributed by atoms with van der Waals surface area (Å²) < 4.78 is 18.3. The van der Waals surface area contributed by atoms with Crippen LogP contribution in [-0.4, -0.2) is 40.3 Å². The molecule has 1 saturated heterocycles. The molecule has 3 amide bonds. The number of halogens is 2. The Morgan fingerprint density at radius 3 is 2.77 bits per heavy atom. The molecule has 1 aliphatic rings. The third-order valence-corrected chi connectivity index (χ3v) is 4.46. The second kappa shape index (κ2) is 8.64. The van der Waals surface area contributed by atoms with Crippen molar-refractivity contribution >= 4 is 41.0 Å². The minimum Gasteiger partial charge on any atom is -0.407 e. The van der Waals surface area contributed by atoms with Crippen LogP contribution in [0.5, 0.6) is 0 Å². The van der Waals surface area contributed by atoms with Gasteiger partial charge in [-0.25, -0.2) is 14.2 Å². The molecule has 1 aromatic carbocycles. The summed E-state index contributed by atoms with van der Waals surface area (Å²) in [5.41, 5.74) is 0.747. The van der Waals surface area contributed by atoms with Crippen molar-refractivity contribution in [2.24, 2.45) is 0 Å². The first-order valence-electron chi connectivity index (χ1n) is 8.86. The number of nitrogens with zero attached hydrogens (tertiary/aromatic N) is 2. The number of rotatable bonds is 5. The Bertz CT molecular complexity index is 967. The molecule has 3 N–H and O–H groups in total. The first kappa shape index (κ1) is 21.5. The summed E-state index contributed by atoms with van der Waals surface area (Å²) in [5, 5.41) is 15.5. The molecule has 158 valence electrons. The number of carbonyl (C=O) groups excluding carboxylic acids is 3. The molecule has 30 heavy (non-hydrogen) atoms. The number of benzene rings is 1. The van der Waals surface area contributed by atoms with Crippen LogP contribution in [0.25, 0.3) is 0 Å². The minimum absolute atomic E-state index is 0.0866. The predicted octanol–water partition coefficient (Wildman–Crippen LogP) is 2.18. The van der Waals surface area contributed by atoms with Gasteiger partial charge in [-0.15, -0.1) is 0 Å². The summed E-state index contributed by atoms with van der Waals surface area (Å²) >= 11 is 5.75. The van der Waals surface area contributed by atoms with Crippen molar-refractivity contribution in [3.8, 4) is 0 Å². The molecular weight excluding hydrogens is 419 g/mol. The Morgan fingerprint density at radius 1 is 1.37 bits per heavy atom. The molecule has 3 rings (SSSR count). The molecule has 0 aliphatic carbocycles. The molecule has 0 bridgehead atoms. The molecule has 11 heteroatoms. The third kappa shape index (κ3) is 5.02. The fourth-order valence-corrected chi connectivity index (χ4v) is 3.14. The van der Waals surface area contributed by atoms with Gasteiger partial charge in [-0.05, 0) is 35.9 Å². The van der Waals surface area contributed by atoms with E-state index < -0.39 is 23.6 Å². The lowest BCUT2D eigenvalue weighted by atomic mass is 10.2. The molecule has 1 atom stereocenters. The quantitative estimate of drug-likeness (QED) is 0.618. The van der Waals surface area contributed by atoms with Crippen LogP contribution in [0.2, 0.25) is 5.02 Å². The van der Waals surface area contributed by atoms with Crippen molar-refractivity contribution in [1.82, 2.24) is 10.3 Å². The summed E-state index contributed by atoms with van der Waals surface area (Å²) in [6, 6.07) is 6.80. The van der Waals surface area contributed by atoms with E-state index in [4.69, 9.17) is 16.3 Å². The lowest BCUT2D eigenvalue weighted by Crippen LogP contribution is -2.46. The van der Waals surface area contributed by atoms with Crippen molar-refractivity contribution in [3.05, 3.63) is 52.9 Å². The Labute approximate surface area is 175 Å². The molecule has 0 spiro atoms. The van der Waals surface area contributed by atoms with Crippen molar-refractivity contribution in [1.29, 1.82) is 0 Å². The molecule has 2 aromatic rings. The maximum absolute atomic E-state index is 13.3. The number of nitrogens with one attached hydrogen (secondary N) is 2. The predicted molar refractivity (Wildman–Crippen MR) is 105 cm³/mol. The lowest BCUT2D eigenvalue weighted by molar-refractivity contribution is -0.175. The number of carbonyl (C=O) groups is 3. The number of pyridine rings is 1. The summed E-state index contributed by atoms with van der Waals surface area (Å²) in [6.07, 6.45) is 0.147. The Balaban J connectivity index is 1.60. The number of aromatic nitrogens is 1. The summed E-state index contributed by atoms with van der Waals surface area (Å²) in [7, 11) is 0. The fraction of sp³-hybridized carbons (Fsp3) is 0.263. The number of hydrogen-bond acceptors (Lipinski definition) is 6. The smallest absolute Gasteiger partial charge is 0.407 e. The normalized spacial score (nSPS) is 18.3. The van der Waals surface area contributed by atoms with Gasteiger partial charge in [0, 0.05) is 31.5 Å². The van der Waals surface area contributed by atoms with E-state index in [2.05, 4.69) is 15.6 Å². The average Bonchev–Trinajstić information content (AvgIpc) is 2.94. The largest absolute Gasteiger partial charge is 0.410 e. The molecule has 0 saturated carbocycles. The van der Waals surface area contributed by atoms with Crippen LogP contribution in [0.15, 0.2) is 36.5 Å². The van der Waals surface area contributed by atoms with Crippen LogP contribution in [0.4, 0.5) is 20.7 Å². The van der Waals surface area contributed by atoms with Gasteiger partial charge < -0.3 is 25.4 Å². The summed E-state index contributed by atoms with van der Waals surface area (Å²) in [6.45, 7) is 1.31. The van der Waals surface area contributed by atoms with Gasteiger partial charge in [-0.3, -0.25) is 9.59 Å². The van der Waals surface area contributed by atoms with E-state index in [-0.39, 0.29) is 30.4 Å². The van der Waals surface area contributed by atoms with Crippen LogP contribution in [0, 0.1) is 5.82 Å². The molecule has 2 heterocycles. The topological polar surface area (TPSA) is 121 Å². The number of hydrogen-bond donors (Lipinski definition) is 3. The van der Waals surface area contributed by atoms with Gasteiger partial charge in [-0.2, -0.15) is 0 Å². The van der Waals surface area contributed by atoms with Gasteiger partial charge in [0.2, 0.25) is 5.91 Å². The van der Waals surface area contributed by atoms with Crippen molar-refractivity contribution < 1.29 is 28.6 Å². The van der Waals surface area contributed by atoms with Crippen LogP contribution < -0.4 is 15.5 Å². The third-order valence-electron chi connectivity index (χ3n) is 4.24. The zero-order valence-electron chi connectivity index (χ0n) is 15.8. The van der Waals surface area contributed by atoms with Gasteiger partial charge in [0.1, 0.15) is 11.6 Å². The van der Waals surface area contributed by atoms with Gasteiger partial charge >= 0.3 is 6.09 Å². The van der Waals surface area contributed by atoms with Crippen LogP contribution in [0.1, 0.15) is 18.9 Å². The SMILES string of the molecule is CC(=O)Nc1ccc(N2CC[C@](O)(OC(=O)NCc3cc(F)cc(Cl)c3)C2=O)cn1. The van der Waals surface area contributed by atoms with E-state index in [9.17, 15) is 23.9 Å². The average molecular weight is 437 g/mol. The van der Waals surface area contributed by atoms with Crippen molar-refractivity contribution in [3.63, 3.8) is 0 Å².